The van der Waals surface area contributed by atoms with Gasteiger partial charge in [-0.25, -0.2) is 4.39 Å². The highest BCUT2D eigenvalue weighted by Crippen LogP contribution is 2.24. The minimum atomic E-state index is -0.282. The van der Waals surface area contributed by atoms with Gasteiger partial charge in [-0.3, -0.25) is 4.79 Å². The molecule has 0 aliphatic carbocycles. The molecule has 20 heavy (non-hydrogen) atoms. The fourth-order valence-corrected chi connectivity index (χ4v) is 3.22. The first-order valence-corrected chi connectivity index (χ1v) is 7.10. The van der Waals surface area contributed by atoms with Gasteiger partial charge in [0.1, 0.15) is 11.5 Å². The number of carbonyl (C=O) groups excluding carboxylic acids is 1. The molecule has 0 radical (unpaired) electrons. The number of fused-ring (bicyclic) bond motifs is 1. The maximum atomic E-state index is 13.2. The molecule has 1 aliphatic heterocycles. The van der Waals surface area contributed by atoms with Gasteiger partial charge in [0.2, 0.25) is 0 Å². The summed E-state index contributed by atoms with van der Waals surface area (Å²) in [5.74, 6) is 0.796. The SMILES string of the molecule is C[C@@H]1C[C@H](C)CN(C(=O)c2cc3cc(F)ccc3[nH]2)C1. The van der Waals surface area contributed by atoms with Gasteiger partial charge < -0.3 is 9.88 Å². The molecule has 1 aliphatic rings. The Hall–Kier alpha value is -1.84. The van der Waals surface area contributed by atoms with E-state index in [2.05, 4.69) is 18.8 Å². The molecule has 1 amide bonds. The quantitative estimate of drug-likeness (QED) is 0.849. The van der Waals surface area contributed by atoms with Gasteiger partial charge in [0, 0.05) is 24.0 Å². The van der Waals surface area contributed by atoms with E-state index >= 15 is 0 Å². The van der Waals surface area contributed by atoms with E-state index in [1.54, 1.807) is 12.1 Å². The van der Waals surface area contributed by atoms with Crippen LogP contribution in [0.1, 0.15) is 30.8 Å². The Morgan fingerprint density at radius 1 is 1.25 bits per heavy atom. The van der Waals surface area contributed by atoms with E-state index in [0.29, 0.717) is 17.5 Å². The van der Waals surface area contributed by atoms with Crippen LogP contribution in [0.5, 0.6) is 0 Å². The van der Waals surface area contributed by atoms with Crippen molar-refractivity contribution >= 4 is 16.8 Å². The van der Waals surface area contributed by atoms with Crippen molar-refractivity contribution in [3.05, 3.63) is 35.8 Å². The molecule has 1 N–H and O–H groups in total. The lowest BCUT2D eigenvalue weighted by Crippen LogP contribution is -2.42. The second-order valence-electron chi connectivity index (χ2n) is 6.07. The number of nitrogens with zero attached hydrogens (tertiary/aromatic N) is 1. The summed E-state index contributed by atoms with van der Waals surface area (Å²) in [7, 11) is 0. The maximum absolute atomic E-state index is 13.2. The van der Waals surface area contributed by atoms with Gasteiger partial charge in [0.15, 0.2) is 0 Å². The first-order chi connectivity index (χ1) is 9.52. The van der Waals surface area contributed by atoms with Crippen molar-refractivity contribution in [2.45, 2.75) is 20.3 Å². The molecule has 4 heteroatoms. The summed E-state index contributed by atoms with van der Waals surface area (Å²) in [4.78, 5) is 17.5. The predicted octanol–water partition coefficient (Wildman–Crippen LogP) is 3.43. The summed E-state index contributed by atoms with van der Waals surface area (Å²) in [6.45, 7) is 5.95. The molecule has 0 unspecified atom stereocenters. The highest BCUT2D eigenvalue weighted by atomic mass is 19.1. The Kier molecular flexibility index (Phi) is 3.24. The zero-order chi connectivity index (χ0) is 14.3. The molecule has 0 bridgehead atoms. The minimum absolute atomic E-state index is 0.0139. The largest absolute Gasteiger partial charge is 0.351 e. The van der Waals surface area contributed by atoms with Crippen molar-refractivity contribution in [2.75, 3.05) is 13.1 Å². The number of amides is 1. The lowest BCUT2D eigenvalue weighted by Gasteiger charge is -2.34. The van der Waals surface area contributed by atoms with E-state index in [-0.39, 0.29) is 11.7 Å². The number of aromatic amines is 1. The number of rotatable bonds is 1. The Bertz CT molecular complexity index is 639. The van der Waals surface area contributed by atoms with E-state index in [1.807, 2.05) is 4.90 Å². The van der Waals surface area contributed by atoms with Crippen molar-refractivity contribution in [1.82, 2.24) is 9.88 Å². The predicted molar refractivity (Wildman–Crippen MR) is 77.1 cm³/mol. The molecule has 1 aromatic carbocycles. The van der Waals surface area contributed by atoms with Crippen LogP contribution in [0, 0.1) is 17.7 Å². The maximum Gasteiger partial charge on any atom is 0.270 e. The number of hydrogen-bond donors (Lipinski definition) is 1. The number of benzene rings is 1. The number of halogens is 1. The molecule has 3 nitrogen and oxygen atoms in total. The van der Waals surface area contributed by atoms with Gasteiger partial charge in [0.05, 0.1) is 0 Å². The molecule has 1 aromatic heterocycles. The van der Waals surface area contributed by atoms with Crippen molar-refractivity contribution < 1.29 is 9.18 Å². The Morgan fingerprint density at radius 3 is 2.65 bits per heavy atom. The van der Waals surface area contributed by atoms with E-state index < -0.39 is 0 Å². The topological polar surface area (TPSA) is 36.1 Å². The summed E-state index contributed by atoms with van der Waals surface area (Å²) in [5.41, 5.74) is 1.35. The number of H-pyrrole nitrogens is 1. The van der Waals surface area contributed by atoms with E-state index in [0.717, 1.165) is 24.0 Å². The molecule has 0 spiro atoms. The first kappa shape index (κ1) is 13.2. The van der Waals surface area contributed by atoms with Crippen molar-refractivity contribution in [2.24, 2.45) is 11.8 Å². The van der Waals surface area contributed by atoms with Crippen LogP contribution in [0.15, 0.2) is 24.3 Å². The van der Waals surface area contributed by atoms with Gasteiger partial charge in [-0.1, -0.05) is 13.8 Å². The average molecular weight is 274 g/mol. The van der Waals surface area contributed by atoms with Crippen molar-refractivity contribution in [1.29, 1.82) is 0 Å². The highest BCUT2D eigenvalue weighted by Gasteiger charge is 2.26. The van der Waals surface area contributed by atoms with Crippen LogP contribution >= 0.6 is 0 Å². The lowest BCUT2D eigenvalue weighted by molar-refractivity contribution is 0.0618. The molecule has 3 rings (SSSR count). The summed E-state index contributed by atoms with van der Waals surface area (Å²) in [6.07, 6.45) is 1.17. The smallest absolute Gasteiger partial charge is 0.270 e. The molecular weight excluding hydrogens is 255 g/mol. The monoisotopic (exact) mass is 274 g/mol. The first-order valence-electron chi connectivity index (χ1n) is 7.10. The second kappa shape index (κ2) is 4.93. The Morgan fingerprint density at radius 2 is 1.95 bits per heavy atom. The third kappa shape index (κ3) is 2.42. The Labute approximate surface area is 117 Å². The molecule has 2 aromatic rings. The number of hydrogen-bond acceptors (Lipinski definition) is 1. The zero-order valence-electron chi connectivity index (χ0n) is 11.8. The Balaban J connectivity index is 1.88. The van der Waals surface area contributed by atoms with Crippen LogP contribution < -0.4 is 0 Å². The number of aromatic nitrogens is 1. The van der Waals surface area contributed by atoms with Gasteiger partial charge in [0.25, 0.3) is 5.91 Å². The van der Waals surface area contributed by atoms with Crippen LogP contribution in [0.3, 0.4) is 0 Å². The van der Waals surface area contributed by atoms with Crippen LogP contribution in [0.25, 0.3) is 10.9 Å². The fraction of sp³-hybridized carbons (Fsp3) is 0.438. The molecule has 2 heterocycles. The molecule has 2 atom stereocenters. The number of likely N-dealkylation sites (tertiary alicyclic amines) is 1. The normalized spacial score (nSPS) is 23.2. The lowest BCUT2D eigenvalue weighted by atomic mass is 9.92. The van der Waals surface area contributed by atoms with E-state index in [1.165, 1.54) is 18.6 Å². The molecule has 1 saturated heterocycles. The summed E-state index contributed by atoms with van der Waals surface area (Å²) >= 11 is 0. The molecule has 0 saturated carbocycles. The number of carbonyl (C=O) groups is 1. The van der Waals surface area contributed by atoms with Gasteiger partial charge in [-0.2, -0.15) is 0 Å². The summed E-state index contributed by atoms with van der Waals surface area (Å²) in [6, 6.07) is 6.26. The van der Waals surface area contributed by atoms with Crippen LogP contribution in [0.2, 0.25) is 0 Å². The third-order valence-corrected chi connectivity index (χ3v) is 3.97. The highest BCUT2D eigenvalue weighted by molar-refractivity contribution is 5.98. The van der Waals surface area contributed by atoms with E-state index in [4.69, 9.17) is 0 Å². The van der Waals surface area contributed by atoms with Crippen LogP contribution in [-0.4, -0.2) is 28.9 Å². The van der Waals surface area contributed by atoms with Gasteiger partial charge in [-0.15, -0.1) is 0 Å². The number of nitrogens with one attached hydrogen (secondary N) is 1. The van der Waals surface area contributed by atoms with Crippen molar-refractivity contribution in [3.63, 3.8) is 0 Å². The van der Waals surface area contributed by atoms with Gasteiger partial charge >= 0.3 is 0 Å². The third-order valence-electron chi connectivity index (χ3n) is 3.97. The summed E-state index contributed by atoms with van der Waals surface area (Å²) < 4.78 is 13.2. The second-order valence-corrected chi connectivity index (χ2v) is 6.07. The van der Waals surface area contributed by atoms with Crippen LogP contribution in [0.4, 0.5) is 4.39 Å². The van der Waals surface area contributed by atoms with Crippen LogP contribution in [-0.2, 0) is 0 Å². The zero-order valence-corrected chi connectivity index (χ0v) is 11.8. The van der Waals surface area contributed by atoms with E-state index in [9.17, 15) is 9.18 Å². The molecule has 1 fully saturated rings. The molecule has 106 valence electrons. The number of piperidine rings is 1. The molecular formula is C16H19FN2O. The average Bonchev–Trinajstić information content (AvgIpc) is 2.79. The van der Waals surface area contributed by atoms with Gasteiger partial charge in [-0.05, 0) is 42.5 Å². The van der Waals surface area contributed by atoms with Crippen molar-refractivity contribution in [3.8, 4) is 0 Å². The summed E-state index contributed by atoms with van der Waals surface area (Å²) in [5, 5.41) is 0.742. The fourth-order valence-electron chi connectivity index (χ4n) is 3.22. The minimum Gasteiger partial charge on any atom is -0.351 e. The standard InChI is InChI=1S/C16H19FN2O/c1-10-5-11(2)9-19(8-10)16(20)15-7-12-6-13(17)3-4-14(12)18-15/h3-4,6-7,10-11,18H,5,8-9H2,1-2H3/t10-,11+.